The van der Waals surface area contributed by atoms with Gasteiger partial charge in [-0.3, -0.25) is 9.69 Å². The number of nitrogens with zero attached hydrogens (tertiary/aromatic N) is 3. The number of likely N-dealkylation sites (tertiary alicyclic amines) is 1. The van der Waals surface area contributed by atoms with Gasteiger partial charge in [-0.15, -0.1) is 0 Å². The standard InChI is InChI=1S/C18H30N4O2/c1-13(2)18-20-17(21-24-18)15-9-6-11-22(15)12-10-16(23)19-14-7-4-3-5-8-14/h13-15H,3-12H2,1-2H3,(H,19,23)/t15-/m0/s1. The summed E-state index contributed by atoms with van der Waals surface area (Å²) in [6.45, 7) is 5.89. The molecule has 2 heterocycles. The Bertz CT molecular complexity index is 537. The molecule has 1 saturated heterocycles. The number of carbonyl (C=O) groups excluding carboxylic acids is 1. The maximum absolute atomic E-state index is 12.2. The third-order valence-electron chi connectivity index (χ3n) is 5.21. The van der Waals surface area contributed by atoms with Crippen LogP contribution in [0.2, 0.25) is 0 Å². The SMILES string of the molecule is CC(C)c1nc([C@@H]2CCCN2CCC(=O)NC2CCCCC2)no1. The van der Waals surface area contributed by atoms with Gasteiger partial charge in [0.2, 0.25) is 11.8 Å². The molecule has 0 aromatic carbocycles. The second-order valence-electron chi connectivity index (χ2n) is 7.49. The summed E-state index contributed by atoms with van der Waals surface area (Å²) < 4.78 is 5.35. The molecular weight excluding hydrogens is 304 g/mol. The van der Waals surface area contributed by atoms with Crippen LogP contribution in [-0.2, 0) is 4.79 Å². The molecule has 0 unspecified atom stereocenters. The lowest BCUT2D eigenvalue weighted by molar-refractivity contribution is -0.122. The number of hydrogen-bond donors (Lipinski definition) is 1. The summed E-state index contributed by atoms with van der Waals surface area (Å²) in [4.78, 5) is 19.1. The molecule has 1 aromatic heterocycles. The van der Waals surface area contributed by atoms with Crippen molar-refractivity contribution in [3.8, 4) is 0 Å². The maximum Gasteiger partial charge on any atom is 0.229 e. The van der Waals surface area contributed by atoms with Crippen LogP contribution in [0.4, 0.5) is 0 Å². The Morgan fingerprint density at radius 1 is 1.25 bits per heavy atom. The number of carbonyl (C=O) groups is 1. The first kappa shape index (κ1) is 17.4. The predicted molar refractivity (Wildman–Crippen MR) is 91.6 cm³/mol. The summed E-state index contributed by atoms with van der Waals surface area (Å²) >= 11 is 0. The molecule has 0 spiro atoms. The van der Waals surface area contributed by atoms with E-state index in [2.05, 4.69) is 34.2 Å². The van der Waals surface area contributed by atoms with Crippen molar-refractivity contribution in [1.82, 2.24) is 20.4 Å². The van der Waals surface area contributed by atoms with Crippen LogP contribution in [0.5, 0.6) is 0 Å². The minimum atomic E-state index is 0.184. The van der Waals surface area contributed by atoms with E-state index in [1.807, 2.05) is 0 Å². The second-order valence-corrected chi connectivity index (χ2v) is 7.49. The zero-order valence-corrected chi connectivity index (χ0v) is 15.0. The van der Waals surface area contributed by atoms with Gasteiger partial charge in [-0.05, 0) is 32.2 Å². The molecular formula is C18H30N4O2. The monoisotopic (exact) mass is 334 g/mol. The average molecular weight is 334 g/mol. The van der Waals surface area contributed by atoms with E-state index in [1.165, 1.54) is 19.3 Å². The Balaban J connectivity index is 1.49. The van der Waals surface area contributed by atoms with Gasteiger partial charge in [-0.25, -0.2) is 0 Å². The molecule has 2 aliphatic rings. The highest BCUT2D eigenvalue weighted by atomic mass is 16.5. The molecule has 1 saturated carbocycles. The van der Waals surface area contributed by atoms with Crippen LogP contribution in [-0.4, -0.2) is 40.1 Å². The van der Waals surface area contributed by atoms with Gasteiger partial charge in [0.15, 0.2) is 5.82 Å². The highest BCUT2D eigenvalue weighted by Gasteiger charge is 2.30. The summed E-state index contributed by atoms with van der Waals surface area (Å²) in [6.07, 6.45) is 8.80. The molecule has 3 rings (SSSR count). The van der Waals surface area contributed by atoms with Gasteiger partial charge in [0.25, 0.3) is 0 Å². The van der Waals surface area contributed by atoms with Crippen molar-refractivity contribution in [1.29, 1.82) is 0 Å². The molecule has 6 nitrogen and oxygen atoms in total. The first-order chi connectivity index (χ1) is 11.6. The van der Waals surface area contributed by atoms with Gasteiger partial charge in [0.1, 0.15) is 0 Å². The number of nitrogens with one attached hydrogen (secondary N) is 1. The first-order valence-corrected chi connectivity index (χ1v) is 9.50. The predicted octanol–water partition coefficient (Wildman–Crippen LogP) is 3.17. The molecule has 1 N–H and O–H groups in total. The van der Waals surface area contributed by atoms with Gasteiger partial charge in [0.05, 0.1) is 6.04 Å². The highest BCUT2D eigenvalue weighted by molar-refractivity contribution is 5.76. The summed E-state index contributed by atoms with van der Waals surface area (Å²) in [5, 5.41) is 7.36. The van der Waals surface area contributed by atoms with E-state index < -0.39 is 0 Å². The van der Waals surface area contributed by atoms with Crippen molar-refractivity contribution in [2.24, 2.45) is 0 Å². The normalized spacial score (nSPS) is 23.0. The lowest BCUT2D eigenvalue weighted by atomic mass is 9.95. The number of rotatable bonds is 6. The average Bonchev–Trinajstić information content (AvgIpc) is 3.22. The van der Waals surface area contributed by atoms with Gasteiger partial charge in [-0.2, -0.15) is 4.98 Å². The lowest BCUT2D eigenvalue weighted by Crippen LogP contribution is -2.38. The fraction of sp³-hybridized carbons (Fsp3) is 0.833. The minimum absolute atomic E-state index is 0.184. The van der Waals surface area contributed by atoms with Crippen LogP contribution in [0.15, 0.2) is 4.52 Å². The Morgan fingerprint density at radius 2 is 2.04 bits per heavy atom. The first-order valence-electron chi connectivity index (χ1n) is 9.50. The van der Waals surface area contributed by atoms with E-state index in [0.717, 1.165) is 44.6 Å². The zero-order chi connectivity index (χ0) is 16.9. The highest BCUT2D eigenvalue weighted by Crippen LogP contribution is 2.30. The van der Waals surface area contributed by atoms with Crippen molar-refractivity contribution < 1.29 is 9.32 Å². The Kier molecular flexibility index (Phi) is 5.87. The van der Waals surface area contributed by atoms with Crippen molar-refractivity contribution in [2.45, 2.75) is 83.2 Å². The molecule has 0 bridgehead atoms. The number of aromatic nitrogens is 2. The summed E-state index contributed by atoms with van der Waals surface area (Å²) in [5.74, 6) is 1.92. The van der Waals surface area contributed by atoms with E-state index in [9.17, 15) is 4.79 Å². The van der Waals surface area contributed by atoms with E-state index >= 15 is 0 Å². The fourth-order valence-electron chi connectivity index (χ4n) is 3.80. The third kappa shape index (κ3) is 4.35. The second kappa shape index (κ2) is 8.10. The van der Waals surface area contributed by atoms with Crippen LogP contribution >= 0.6 is 0 Å². The Morgan fingerprint density at radius 3 is 2.75 bits per heavy atom. The molecule has 134 valence electrons. The van der Waals surface area contributed by atoms with E-state index in [1.54, 1.807) is 0 Å². The maximum atomic E-state index is 12.2. The van der Waals surface area contributed by atoms with Crippen LogP contribution in [0.25, 0.3) is 0 Å². The molecule has 1 aliphatic carbocycles. The Labute approximate surface area is 144 Å². The van der Waals surface area contributed by atoms with Crippen molar-refractivity contribution in [2.75, 3.05) is 13.1 Å². The zero-order valence-electron chi connectivity index (χ0n) is 15.0. The summed E-state index contributed by atoms with van der Waals surface area (Å²) in [6, 6.07) is 0.593. The summed E-state index contributed by atoms with van der Waals surface area (Å²) in [7, 11) is 0. The largest absolute Gasteiger partial charge is 0.353 e. The third-order valence-corrected chi connectivity index (χ3v) is 5.21. The molecule has 1 aromatic rings. The molecule has 1 atom stereocenters. The van der Waals surface area contributed by atoms with Crippen molar-refractivity contribution in [3.63, 3.8) is 0 Å². The van der Waals surface area contributed by atoms with Crippen LogP contribution in [0.1, 0.15) is 88.9 Å². The van der Waals surface area contributed by atoms with Crippen LogP contribution < -0.4 is 5.32 Å². The van der Waals surface area contributed by atoms with Gasteiger partial charge in [0, 0.05) is 24.9 Å². The summed E-state index contributed by atoms with van der Waals surface area (Å²) in [5.41, 5.74) is 0. The molecule has 0 radical (unpaired) electrons. The van der Waals surface area contributed by atoms with Crippen molar-refractivity contribution >= 4 is 5.91 Å². The lowest BCUT2D eigenvalue weighted by Gasteiger charge is -2.24. The molecule has 1 amide bonds. The molecule has 1 aliphatic heterocycles. The number of amides is 1. The Hall–Kier alpha value is -1.43. The molecule has 6 heteroatoms. The van der Waals surface area contributed by atoms with E-state index in [0.29, 0.717) is 18.4 Å². The van der Waals surface area contributed by atoms with Crippen LogP contribution in [0.3, 0.4) is 0 Å². The molecule has 24 heavy (non-hydrogen) atoms. The van der Waals surface area contributed by atoms with Crippen LogP contribution in [0, 0.1) is 0 Å². The van der Waals surface area contributed by atoms with Gasteiger partial charge < -0.3 is 9.84 Å². The van der Waals surface area contributed by atoms with Gasteiger partial charge >= 0.3 is 0 Å². The van der Waals surface area contributed by atoms with Gasteiger partial charge in [-0.1, -0.05) is 38.3 Å². The fourth-order valence-corrected chi connectivity index (χ4v) is 3.80. The van der Waals surface area contributed by atoms with E-state index in [-0.39, 0.29) is 17.9 Å². The minimum Gasteiger partial charge on any atom is -0.353 e. The smallest absolute Gasteiger partial charge is 0.229 e. The molecule has 2 fully saturated rings. The van der Waals surface area contributed by atoms with E-state index in [4.69, 9.17) is 4.52 Å². The topological polar surface area (TPSA) is 71.3 Å². The van der Waals surface area contributed by atoms with Crippen molar-refractivity contribution in [3.05, 3.63) is 11.7 Å². The number of hydrogen-bond acceptors (Lipinski definition) is 5. The quantitative estimate of drug-likeness (QED) is 0.865.